The molecule has 4 atom stereocenters. The number of cyclic esters (lactones) is 1. The fraction of sp³-hybridized carbons (Fsp3) is 0.917. The summed E-state index contributed by atoms with van der Waals surface area (Å²) in [6.07, 6.45) is 3.66. The van der Waals surface area contributed by atoms with Crippen molar-refractivity contribution >= 4 is 5.97 Å². The Morgan fingerprint density at radius 1 is 1.38 bits per heavy atom. The maximum atomic E-state index is 11.0. The third kappa shape index (κ3) is 2.55. The smallest absolute Gasteiger partial charge is 0.306 e. The van der Waals surface area contributed by atoms with Crippen molar-refractivity contribution in [1.29, 1.82) is 0 Å². The van der Waals surface area contributed by atoms with Crippen LogP contribution in [0.4, 0.5) is 0 Å². The molecule has 2 fully saturated rings. The quantitative estimate of drug-likeness (QED) is 0.686. The van der Waals surface area contributed by atoms with Crippen LogP contribution in [-0.2, 0) is 19.0 Å². The second-order valence-corrected chi connectivity index (χ2v) is 4.52. The van der Waals surface area contributed by atoms with E-state index in [1.165, 1.54) is 0 Å². The van der Waals surface area contributed by atoms with E-state index in [0.29, 0.717) is 13.0 Å². The maximum absolute atomic E-state index is 11.0. The Balaban J connectivity index is 1.81. The van der Waals surface area contributed by atoms with Crippen LogP contribution in [0.25, 0.3) is 0 Å². The monoisotopic (exact) mass is 228 g/mol. The molecule has 2 aliphatic heterocycles. The van der Waals surface area contributed by atoms with Crippen molar-refractivity contribution in [1.82, 2.24) is 0 Å². The first-order chi connectivity index (χ1) is 7.70. The molecule has 0 amide bonds. The van der Waals surface area contributed by atoms with Crippen molar-refractivity contribution in [3.63, 3.8) is 0 Å². The summed E-state index contributed by atoms with van der Waals surface area (Å²) >= 11 is 0. The van der Waals surface area contributed by atoms with Gasteiger partial charge in [-0.15, -0.1) is 0 Å². The highest BCUT2D eigenvalue weighted by Crippen LogP contribution is 2.30. The van der Waals surface area contributed by atoms with Gasteiger partial charge in [0, 0.05) is 13.0 Å². The van der Waals surface area contributed by atoms with Gasteiger partial charge in [0.15, 0.2) is 0 Å². The highest BCUT2D eigenvalue weighted by atomic mass is 16.6. The van der Waals surface area contributed by atoms with Gasteiger partial charge < -0.3 is 14.2 Å². The van der Waals surface area contributed by atoms with Crippen LogP contribution in [0.1, 0.15) is 39.5 Å². The third-order valence-corrected chi connectivity index (χ3v) is 3.37. The summed E-state index contributed by atoms with van der Waals surface area (Å²) in [6.45, 7) is 4.74. The summed E-state index contributed by atoms with van der Waals surface area (Å²) in [5, 5.41) is 0. The van der Waals surface area contributed by atoms with E-state index in [-0.39, 0.29) is 30.4 Å². The van der Waals surface area contributed by atoms with Crippen molar-refractivity contribution in [2.45, 2.75) is 63.9 Å². The minimum absolute atomic E-state index is 0.0219. The Bertz CT molecular complexity index is 253. The van der Waals surface area contributed by atoms with Gasteiger partial charge in [-0.2, -0.15) is 0 Å². The largest absolute Gasteiger partial charge is 0.460 e. The number of hydrogen-bond acceptors (Lipinski definition) is 4. The molecule has 0 radical (unpaired) electrons. The van der Waals surface area contributed by atoms with Crippen LogP contribution >= 0.6 is 0 Å². The van der Waals surface area contributed by atoms with Crippen LogP contribution in [-0.4, -0.2) is 37.0 Å². The highest BCUT2D eigenvalue weighted by Gasteiger charge is 2.38. The van der Waals surface area contributed by atoms with E-state index in [2.05, 4.69) is 0 Å². The van der Waals surface area contributed by atoms with Crippen LogP contribution in [0.5, 0.6) is 0 Å². The van der Waals surface area contributed by atoms with E-state index >= 15 is 0 Å². The number of rotatable bonds is 4. The summed E-state index contributed by atoms with van der Waals surface area (Å²) in [4.78, 5) is 11.0. The molecular formula is C12H20O4. The topological polar surface area (TPSA) is 44.8 Å². The fourth-order valence-corrected chi connectivity index (χ4v) is 2.49. The molecule has 2 aliphatic rings. The summed E-state index contributed by atoms with van der Waals surface area (Å²) in [5.41, 5.74) is 0. The molecule has 0 aromatic carbocycles. The lowest BCUT2D eigenvalue weighted by Gasteiger charge is -2.22. The summed E-state index contributed by atoms with van der Waals surface area (Å²) in [5.74, 6) is -0.0880. The van der Waals surface area contributed by atoms with Crippen molar-refractivity contribution in [3.05, 3.63) is 0 Å². The van der Waals surface area contributed by atoms with Gasteiger partial charge >= 0.3 is 5.97 Å². The van der Waals surface area contributed by atoms with Gasteiger partial charge in [0.1, 0.15) is 6.10 Å². The molecule has 4 heteroatoms. The van der Waals surface area contributed by atoms with Crippen LogP contribution in [0.3, 0.4) is 0 Å². The highest BCUT2D eigenvalue weighted by molar-refractivity contribution is 5.71. The molecule has 0 aromatic rings. The minimum Gasteiger partial charge on any atom is -0.460 e. The zero-order chi connectivity index (χ0) is 11.5. The van der Waals surface area contributed by atoms with Crippen LogP contribution in [0.2, 0.25) is 0 Å². The lowest BCUT2D eigenvalue weighted by Crippen LogP contribution is -2.31. The Hall–Kier alpha value is -0.610. The predicted molar refractivity (Wildman–Crippen MR) is 58.1 cm³/mol. The molecule has 0 aliphatic carbocycles. The zero-order valence-corrected chi connectivity index (χ0v) is 9.98. The minimum atomic E-state index is -0.0880. The molecule has 0 saturated carbocycles. The molecule has 0 bridgehead atoms. The summed E-state index contributed by atoms with van der Waals surface area (Å²) in [6, 6.07) is 0. The molecule has 0 aromatic heterocycles. The third-order valence-electron chi connectivity index (χ3n) is 3.37. The predicted octanol–water partition coefficient (Wildman–Crippen LogP) is 1.66. The molecule has 16 heavy (non-hydrogen) atoms. The van der Waals surface area contributed by atoms with Crippen molar-refractivity contribution in [2.24, 2.45) is 0 Å². The van der Waals surface area contributed by atoms with E-state index in [1.807, 2.05) is 13.8 Å². The molecule has 92 valence electrons. The van der Waals surface area contributed by atoms with Gasteiger partial charge in [0.2, 0.25) is 0 Å². The molecule has 0 unspecified atom stereocenters. The van der Waals surface area contributed by atoms with E-state index < -0.39 is 0 Å². The van der Waals surface area contributed by atoms with E-state index in [4.69, 9.17) is 14.2 Å². The zero-order valence-electron chi connectivity index (χ0n) is 9.98. The summed E-state index contributed by atoms with van der Waals surface area (Å²) < 4.78 is 16.7. The maximum Gasteiger partial charge on any atom is 0.306 e. The summed E-state index contributed by atoms with van der Waals surface area (Å²) in [7, 11) is 0. The van der Waals surface area contributed by atoms with E-state index in [0.717, 1.165) is 19.3 Å². The Kier molecular flexibility index (Phi) is 3.82. The fourth-order valence-electron chi connectivity index (χ4n) is 2.49. The van der Waals surface area contributed by atoms with Crippen molar-refractivity contribution in [3.8, 4) is 0 Å². The van der Waals surface area contributed by atoms with Gasteiger partial charge in [0.25, 0.3) is 0 Å². The first kappa shape index (κ1) is 11.9. The van der Waals surface area contributed by atoms with Crippen LogP contribution < -0.4 is 0 Å². The average molecular weight is 228 g/mol. The Labute approximate surface area is 96.2 Å². The molecule has 4 nitrogen and oxygen atoms in total. The molecule has 2 saturated heterocycles. The molecule has 2 heterocycles. The van der Waals surface area contributed by atoms with Gasteiger partial charge in [-0.3, -0.25) is 4.79 Å². The van der Waals surface area contributed by atoms with E-state index in [9.17, 15) is 4.79 Å². The number of hydrogen-bond donors (Lipinski definition) is 0. The number of carbonyl (C=O) groups excluding carboxylic acids is 1. The second-order valence-electron chi connectivity index (χ2n) is 4.52. The first-order valence-corrected chi connectivity index (χ1v) is 6.17. The molecule has 0 spiro atoms. The lowest BCUT2D eigenvalue weighted by atomic mass is 10.1. The number of esters is 1. The van der Waals surface area contributed by atoms with Gasteiger partial charge in [-0.1, -0.05) is 0 Å². The van der Waals surface area contributed by atoms with Crippen molar-refractivity contribution < 1.29 is 19.0 Å². The SMILES string of the molecule is CCO[C@H](C)[C@@H]1CC[C@H]([C@@H]2CCC(=O)O2)O1. The van der Waals surface area contributed by atoms with Crippen LogP contribution in [0.15, 0.2) is 0 Å². The van der Waals surface area contributed by atoms with Gasteiger partial charge in [-0.05, 0) is 33.1 Å². The van der Waals surface area contributed by atoms with Gasteiger partial charge in [-0.25, -0.2) is 0 Å². The lowest BCUT2D eigenvalue weighted by molar-refractivity contribution is -0.148. The Morgan fingerprint density at radius 3 is 2.81 bits per heavy atom. The molecule has 0 N–H and O–H groups in total. The average Bonchev–Trinajstić information content (AvgIpc) is 2.85. The number of carbonyl (C=O) groups is 1. The molecule has 2 rings (SSSR count). The molecular weight excluding hydrogens is 208 g/mol. The Morgan fingerprint density at radius 2 is 2.19 bits per heavy atom. The number of ether oxygens (including phenoxy) is 3. The van der Waals surface area contributed by atoms with E-state index in [1.54, 1.807) is 0 Å². The first-order valence-electron chi connectivity index (χ1n) is 6.17. The van der Waals surface area contributed by atoms with Crippen LogP contribution in [0, 0.1) is 0 Å². The normalized spacial score (nSPS) is 36.4. The standard InChI is InChI=1S/C12H20O4/c1-3-14-8(2)9-4-5-10(15-9)11-6-7-12(13)16-11/h8-11H,3-7H2,1-2H3/t8-,9+,10-,11+/m1/s1. The van der Waals surface area contributed by atoms with Gasteiger partial charge in [0.05, 0.1) is 18.3 Å². The van der Waals surface area contributed by atoms with Crippen molar-refractivity contribution in [2.75, 3.05) is 6.61 Å². The second kappa shape index (κ2) is 5.15.